The van der Waals surface area contributed by atoms with Gasteiger partial charge < -0.3 is 4.74 Å². The van der Waals surface area contributed by atoms with Gasteiger partial charge in [-0.3, -0.25) is 0 Å². The molecule has 0 bridgehead atoms. The Labute approximate surface area is 126 Å². The number of hydrogen-bond donors (Lipinski definition) is 0. The van der Waals surface area contributed by atoms with Gasteiger partial charge in [-0.25, -0.2) is 13.2 Å². The van der Waals surface area contributed by atoms with E-state index >= 15 is 0 Å². The third-order valence-electron chi connectivity index (χ3n) is 3.84. The molecule has 0 fully saturated rings. The first-order valence-electron chi connectivity index (χ1n) is 7.50. The predicted molar refractivity (Wildman–Crippen MR) is 80.7 cm³/mol. The third-order valence-corrected chi connectivity index (χ3v) is 5.95. The zero-order valence-corrected chi connectivity index (χ0v) is 13.7. The molecule has 21 heavy (non-hydrogen) atoms. The molecule has 1 aliphatic heterocycles. The average molecular weight is 314 g/mol. The molecule has 0 saturated carbocycles. The Kier molecular flexibility index (Phi) is 5.91. The molecule has 0 spiro atoms. The Hall–Kier alpha value is -1.23. The van der Waals surface area contributed by atoms with Crippen molar-refractivity contribution in [1.82, 2.24) is 0 Å². The van der Waals surface area contributed by atoms with Gasteiger partial charge in [-0.2, -0.15) is 0 Å². The molecule has 1 nitrogen and oxygen atoms in total. The monoisotopic (exact) mass is 314 g/mol. The molecule has 0 saturated heterocycles. The summed E-state index contributed by atoms with van der Waals surface area (Å²) in [5.74, 6) is -0.800. The molecule has 0 aromatic heterocycles. The zero-order valence-electron chi connectivity index (χ0n) is 12.2. The van der Waals surface area contributed by atoms with E-state index in [1.165, 1.54) is 17.7 Å². The number of benzene rings is 1. The van der Waals surface area contributed by atoms with Gasteiger partial charge >= 0.3 is 0 Å². The van der Waals surface area contributed by atoms with E-state index < -0.39 is 27.3 Å². The maximum absolute atomic E-state index is 13.5. The normalized spacial score (nSPS) is 19.1. The number of rotatable bonds is 6. The van der Waals surface area contributed by atoms with Gasteiger partial charge in [-0.15, -0.1) is 0 Å². The molecule has 1 atom stereocenters. The first kappa shape index (κ1) is 16.1. The minimum Gasteiger partial charge on any atom is -0.502 e. The topological polar surface area (TPSA) is 9.23 Å². The minimum absolute atomic E-state index is 0.281. The highest BCUT2D eigenvalue weighted by Crippen LogP contribution is 2.24. The maximum atomic E-state index is 13.5. The predicted octanol–water partition coefficient (Wildman–Crippen LogP) is 4.25. The highest BCUT2D eigenvalue weighted by atomic mass is 28.2. The van der Waals surface area contributed by atoms with E-state index in [1.54, 1.807) is 6.07 Å². The fourth-order valence-corrected chi connectivity index (χ4v) is 4.31. The van der Waals surface area contributed by atoms with Crippen molar-refractivity contribution in [3.8, 4) is 0 Å². The largest absolute Gasteiger partial charge is 0.502 e. The van der Waals surface area contributed by atoms with Gasteiger partial charge in [0.2, 0.25) is 0 Å². The van der Waals surface area contributed by atoms with E-state index in [-0.39, 0.29) is 5.73 Å². The molecule has 1 heterocycles. The van der Waals surface area contributed by atoms with Crippen molar-refractivity contribution in [2.75, 3.05) is 0 Å². The molecule has 1 unspecified atom stereocenters. The lowest BCUT2D eigenvalue weighted by Crippen LogP contribution is -2.24. The lowest BCUT2D eigenvalue weighted by atomic mass is 10.1. The van der Waals surface area contributed by atoms with Crippen molar-refractivity contribution in [2.24, 2.45) is 0 Å². The molecule has 1 aromatic rings. The summed E-state index contributed by atoms with van der Waals surface area (Å²) in [6.07, 6.45) is 3.49. The maximum Gasteiger partial charge on any atom is 0.266 e. The standard InChI is InChI=1S/C16H21F3OSi/c1-2-3-11-5-7-15(20-9-11)21-10-12-4-6-13(16(18)19)14(17)8-12/h4,6,8-9,15-16H,2-3,5,7,10,21H2,1H3. The molecular weight excluding hydrogens is 293 g/mol. The Morgan fingerprint density at radius 2 is 2.19 bits per heavy atom. The van der Waals surface area contributed by atoms with Crippen molar-refractivity contribution in [3.63, 3.8) is 0 Å². The van der Waals surface area contributed by atoms with Gasteiger partial charge in [0.15, 0.2) is 0 Å². The second-order valence-corrected chi connectivity index (χ2v) is 7.51. The van der Waals surface area contributed by atoms with Crippen LogP contribution in [0.5, 0.6) is 0 Å². The van der Waals surface area contributed by atoms with Crippen LogP contribution in [-0.2, 0) is 10.8 Å². The fraction of sp³-hybridized carbons (Fsp3) is 0.500. The molecule has 1 aliphatic rings. The van der Waals surface area contributed by atoms with E-state index in [2.05, 4.69) is 6.92 Å². The zero-order chi connectivity index (χ0) is 15.2. The average Bonchev–Trinajstić information content (AvgIpc) is 2.46. The number of allylic oxidation sites excluding steroid dienone is 1. The molecule has 0 aliphatic carbocycles. The highest BCUT2D eigenvalue weighted by Gasteiger charge is 2.17. The van der Waals surface area contributed by atoms with Crippen molar-refractivity contribution in [3.05, 3.63) is 47.0 Å². The van der Waals surface area contributed by atoms with Crippen molar-refractivity contribution in [1.29, 1.82) is 0 Å². The number of alkyl halides is 2. The smallest absolute Gasteiger partial charge is 0.266 e. The Balaban J connectivity index is 1.85. The van der Waals surface area contributed by atoms with Crippen LogP contribution >= 0.6 is 0 Å². The third kappa shape index (κ3) is 4.63. The van der Waals surface area contributed by atoms with Gasteiger partial charge in [-0.1, -0.05) is 25.5 Å². The van der Waals surface area contributed by atoms with Crippen LogP contribution in [-0.4, -0.2) is 15.2 Å². The van der Waals surface area contributed by atoms with Gasteiger partial charge in [0.05, 0.1) is 27.1 Å². The van der Waals surface area contributed by atoms with Crippen LogP contribution in [0.15, 0.2) is 30.0 Å². The van der Waals surface area contributed by atoms with Gasteiger partial charge in [0.1, 0.15) is 5.82 Å². The van der Waals surface area contributed by atoms with Crippen LogP contribution in [0.4, 0.5) is 13.2 Å². The summed E-state index contributed by atoms with van der Waals surface area (Å²) in [5.41, 5.74) is 1.94. The molecule has 116 valence electrons. The molecule has 0 N–H and O–H groups in total. The SMILES string of the molecule is CCCC1=COC([SiH2]Cc2ccc(C(F)F)c(F)c2)CC1. The highest BCUT2D eigenvalue weighted by molar-refractivity contribution is 6.36. The molecule has 0 amide bonds. The van der Waals surface area contributed by atoms with E-state index in [9.17, 15) is 13.2 Å². The van der Waals surface area contributed by atoms with Crippen LogP contribution in [0.3, 0.4) is 0 Å². The van der Waals surface area contributed by atoms with E-state index in [1.807, 2.05) is 6.26 Å². The summed E-state index contributed by atoms with van der Waals surface area (Å²) in [6.45, 7) is 2.15. The van der Waals surface area contributed by atoms with Crippen LogP contribution in [0, 0.1) is 5.82 Å². The molecule has 0 radical (unpaired) electrons. The molecule has 5 heteroatoms. The van der Waals surface area contributed by atoms with Gasteiger partial charge in [0.25, 0.3) is 6.43 Å². The van der Waals surface area contributed by atoms with E-state index in [4.69, 9.17) is 4.74 Å². The van der Waals surface area contributed by atoms with Crippen molar-refractivity contribution in [2.45, 2.75) is 50.8 Å². The summed E-state index contributed by atoms with van der Waals surface area (Å²) in [6, 6.07) is 4.83. The number of ether oxygens (including phenoxy) is 1. The Morgan fingerprint density at radius 1 is 1.38 bits per heavy atom. The van der Waals surface area contributed by atoms with Crippen LogP contribution in [0.1, 0.15) is 50.2 Å². The Morgan fingerprint density at radius 3 is 2.76 bits per heavy atom. The lowest BCUT2D eigenvalue weighted by Gasteiger charge is -2.23. The first-order valence-corrected chi connectivity index (χ1v) is 9.31. The second kappa shape index (κ2) is 7.68. The van der Waals surface area contributed by atoms with Crippen molar-refractivity contribution >= 4 is 9.52 Å². The molecular formula is C16H21F3OSi. The minimum atomic E-state index is -2.75. The van der Waals surface area contributed by atoms with Crippen LogP contribution in [0.25, 0.3) is 0 Å². The number of hydrogen-bond acceptors (Lipinski definition) is 1. The van der Waals surface area contributed by atoms with Crippen molar-refractivity contribution < 1.29 is 17.9 Å². The summed E-state index contributed by atoms with van der Waals surface area (Å²) in [4.78, 5) is 0. The van der Waals surface area contributed by atoms with Gasteiger partial charge in [-0.05, 0) is 42.5 Å². The first-order chi connectivity index (χ1) is 10.1. The quantitative estimate of drug-likeness (QED) is 0.713. The second-order valence-electron chi connectivity index (χ2n) is 5.52. The summed E-state index contributed by atoms with van der Waals surface area (Å²) in [5, 5.41) is 0. The van der Waals surface area contributed by atoms with E-state index in [0.29, 0.717) is 0 Å². The number of halogens is 3. The van der Waals surface area contributed by atoms with Crippen LogP contribution < -0.4 is 0 Å². The molecule has 2 rings (SSSR count). The summed E-state index contributed by atoms with van der Waals surface area (Å²) in [7, 11) is -0.538. The fourth-order valence-electron chi connectivity index (χ4n) is 2.61. The van der Waals surface area contributed by atoms with E-state index in [0.717, 1.165) is 37.3 Å². The van der Waals surface area contributed by atoms with Gasteiger partial charge in [0, 0.05) is 0 Å². The Bertz CT molecular complexity index is 502. The lowest BCUT2D eigenvalue weighted by molar-refractivity contribution is 0.146. The summed E-state index contributed by atoms with van der Waals surface area (Å²) >= 11 is 0. The molecule has 1 aromatic carbocycles. The van der Waals surface area contributed by atoms with Crippen LogP contribution in [0.2, 0.25) is 0 Å². The summed E-state index contributed by atoms with van der Waals surface area (Å²) < 4.78 is 44.2.